The van der Waals surface area contributed by atoms with Crippen LogP contribution in [0.4, 0.5) is 0 Å². The predicted molar refractivity (Wildman–Crippen MR) is 91.6 cm³/mol. The lowest BCUT2D eigenvalue weighted by Gasteiger charge is -2.14. The summed E-state index contributed by atoms with van der Waals surface area (Å²) in [6.45, 7) is 8.72. The molecule has 1 aromatic rings. The van der Waals surface area contributed by atoms with Crippen molar-refractivity contribution in [2.24, 2.45) is 0 Å². The molecule has 0 saturated carbocycles. The van der Waals surface area contributed by atoms with Gasteiger partial charge < -0.3 is 4.74 Å². The van der Waals surface area contributed by atoms with E-state index in [1.54, 1.807) is 0 Å². The van der Waals surface area contributed by atoms with E-state index >= 15 is 0 Å². The molecule has 0 atom stereocenters. The van der Waals surface area contributed by atoms with Crippen LogP contribution < -0.4 is 4.74 Å². The molecule has 0 fully saturated rings. The number of aryl methyl sites for hydroxylation is 1. The average molecular weight is 311 g/mol. The average Bonchev–Trinajstić information content (AvgIpc) is 2.33. The predicted octanol–water partition coefficient (Wildman–Crippen LogP) is 4.62. The van der Waals surface area contributed by atoms with Gasteiger partial charge in [-0.25, -0.2) is 0 Å². The number of benzene rings is 1. The lowest BCUT2D eigenvalue weighted by Crippen LogP contribution is -2.18. The van der Waals surface area contributed by atoms with Gasteiger partial charge in [-0.15, -0.1) is 0 Å². The Morgan fingerprint density at radius 1 is 1.15 bits per heavy atom. The van der Waals surface area contributed by atoms with Gasteiger partial charge in [0.2, 0.25) is 0 Å². The molecule has 1 aromatic carbocycles. The minimum Gasteiger partial charge on any atom is -0.427 e. The molecule has 20 heavy (non-hydrogen) atoms. The Morgan fingerprint density at radius 3 is 2.35 bits per heavy atom. The summed E-state index contributed by atoms with van der Waals surface area (Å²) in [5.41, 5.74) is 1.30. The van der Waals surface area contributed by atoms with Gasteiger partial charge in [-0.05, 0) is 42.0 Å². The summed E-state index contributed by atoms with van der Waals surface area (Å²) in [5.74, 6) is 2.80. The van der Waals surface area contributed by atoms with Gasteiger partial charge in [-0.3, -0.25) is 4.79 Å². The van der Waals surface area contributed by atoms with E-state index in [1.807, 2.05) is 36.0 Å². The summed E-state index contributed by atoms with van der Waals surface area (Å²) in [6, 6.07) is 9.25. The van der Waals surface area contributed by atoms with Crippen LogP contribution in [0.15, 0.2) is 24.3 Å². The minimum atomic E-state index is -0.856. The molecule has 1 rings (SSSR count). The maximum Gasteiger partial charge on any atom is 0.308 e. The number of carbonyl (C=O) groups is 1. The SMILES string of the molecule is CC(=O)Oc1ccc(CCSCCC[Si](C)(C)C)cc1. The molecular formula is C16H26O2SSi. The highest BCUT2D eigenvalue weighted by Crippen LogP contribution is 2.17. The molecule has 0 unspecified atom stereocenters. The number of esters is 1. The van der Waals surface area contributed by atoms with Crippen LogP contribution in [0.1, 0.15) is 18.9 Å². The van der Waals surface area contributed by atoms with Crippen molar-refractivity contribution >= 4 is 25.8 Å². The number of hydrogen-bond acceptors (Lipinski definition) is 3. The van der Waals surface area contributed by atoms with Crippen molar-refractivity contribution in [2.75, 3.05) is 11.5 Å². The summed E-state index contributed by atoms with van der Waals surface area (Å²) in [6.07, 6.45) is 2.43. The quantitative estimate of drug-likeness (QED) is 0.303. The maximum atomic E-state index is 10.8. The zero-order chi connectivity index (χ0) is 15.0. The third-order valence-corrected chi connectivity index (χ3v) is 5.86. The first kappa shape index (κ1) is 17.3. The van der Waals surface area contributed by atoms with Gasteiger partial charge >= 0.3 is 5.97 Å². The number of rotatable bonds is 8. The maximum absolute atomic E-state index is 10.8. The van der Waals surface area contributed by atoms with Crippen LogP contribution in [0.5, 0.6) is 5.75 Å². The van der Waals surface area contributed by atoms with E-state index in [4.69, 9.17) is 4.74 Å². The van der Waals surface area contributed by atoms with E-state index in [-0.39, 0.29) is 5.97 Å². The Balaban J connectivity index is 2.17. The van der Waals surface area contributed by atoms with Crippen LogP contribution in [0.3, 0.4) is 0 Å². The molecule has 0 bridgehead atoms. The number of thioether (sulfide) groups is 1. The van der Waals surface area contributed by atoms with E-state index in [9.17, 15) is 4.79 Å². The summed E-state index contributed by atoms with van der Waals surface area (Å²) in [4.78, 5) is 10.8. The number of carbonyl (C=O) groups excluding carboxylic acids is 1. The van der Waals surface area contributed by atoms with Gasteiger partial charge in [0, 0.05) is 15.0 Å². The fourth-order valence-corrected chi connectivity index (χ4v) is 4.31. The highest BCUT2D eigenvalue weighted by Gasteiger charge is 2.11. The summed E-state index contributed by atoms with van der Waals surface area (Å²) in [5, 5.41) is 0. The molecule has 0 radical (unpaired) electrons. The number of hydrogen-bond donors (Lipinski definition) is 0. The summed E-state index contributed by atoms with van der Waals surface area (Å²) in [7, 11) is -0.856. The Hall–Kier alpha value is -0.743. The first-order valence-corrected chi connectivity index (χ1v) is 12.1. The molecule has 0 amide bonds. The van der Waals surface area contributed by atoms with Crippen LogP contribution in [0.2, 0.25) is 25.7 Å². The second kappa shape index (κ2) is 8.52. The molecule has 0 spiro atoms. The van der Waals surface area contributed by atoms with Crippen molar-refractivity contribution in [3.05, 3.63) is 29.8 Å². The van der Waals surface area contributed by atoms with Crippen molar-refractivity contribution in [3.63, 3.8) is 0 Å². The van der Waals surface area contributed by atoms with E-state index in [0.29, 0.717) is 5.75 Å². The van der Waals surface area contributed by atoms with Crippen LogP contribution >= 0.6 is 11.8 Å². The van der Waals surface area contributed by atoms with Crippen molar-refractivity contribution in [1.82, 2.24) is 0 Å². The molecule has 0 aliphatic carbocycles. The van der Waals surface area contributed by atoms with Crippen LogP contribution in [0, 0.1) is 0 Å². The first-order chi connectivity index (χ1) is 9.37. The van der Waals surface area contributed by atoms with Gasteiger partial charge in [0.25, 0.3) is 0 Å². The molecule has 0 heterocycles. The molecule has 2 nitrogen and oxygen atoms in total. The standard InChI is InChI=1S/C16H26O2SSi/c1-14(17)18-16-8-6-15(7-9-16)10-12-19-11-5-13-20(2,3)4/h6-9H,5,10-13H2,1-4H3. The van der Waals surface area contributed by atoms with E-state index in [0.717, 1.165) is 6.42 Å². The molecule has 0 aliphatic heterocycles. The molecule has 0 aliphatic rings. The lowest BCUT2D eigenvalue weighted by molar-refractivity contribution is -0.131. The van der Waals surface area contributed by atoms with E-state index in [1.165, 1.54) is 36.5 Å². The highest BCUT2D eigenvalue weighted by molar-refractivity contribution is 7.99. The highest BCUT2D eigenvalue weighted by atomic mass is 32.2. The van der Waals surface area contributed by atoms with Gasteiger partial charge in [-0.2, -0.15) is 11.8 Å². The zero-order valence-electron chi connectivity index (χ0n) is 13.1. The van der Waals surface area contributed by atoms with Crippen molar-refractivity contribution < 1.29 is 9.53 Å². The van der Waals surface area contributed by atoms with E-state index in [2.05, 4.69) is 19.6 Å². The summed E-state index contributed by atoms with van der Waals surface area (Å²) >= 11 is 2.04. The van der Waals surface area contributed by atoms with Gasteiger partial charge in [0.1, 0.15) is 5.75 Å². The van der Waals surface area contributed by atoms with Crippen LogP contribution in [-0.4, -0.2) is 25.5 Å². The first-order valence-electron chi connectivity index (χ1n) is 7.22. The van der Waals surface area contributed by atoms with Crippen LogP contribution in [-0.2, 0) is 11.2 Å². The Kier molecular flexibility index (Phi) is 7.38. The van der Waals surface area contributed by atoms with Gasteiger partial charge in [-0.1, -0.05) is 37.8 Å². The smallest absolute Gasteiger partial charge is 0.308 e. The van der Waals surface area contributed by atoms with Crippen molar-refractivity contribution in [2.45, 2.75) is 45.5 Å². The molecule has 112 valence electrons. The fraction of sp³-hybridized carbons (Fsp3) is 0.562. The lowest BCUT2D eigenvalue weighted by atomic mass is 10.2. The fourth-order valence-electron chi connectivity index (χ4n) is 1.89. The van der Waals surface area contributed by atoms with E-state index < -0.39 is 8.07 Å². The Labute approximate surface area is 128 Å². The number of ether oxygens (including phenoxy) is 1. The molecular weight excluding hydrogens is 284 g/mol. The molecule has 0 saturated heterocycles. The molecule has 0 aromatic heterocycles. The second-order valence-electron chi connectivity index (χ2n) is 6.26. The topological polar surface area (TPSA) is 26.3 Å². The Morgan fingerprint density at radius 2 is 1.80 bits per heavy atom. The Bertz CT molecular complexity index is 409. The molecule has 4 heteroatoms. The normalized spacial score (nSPS) is 11.4. The zero-order valence-corrected chi connectivity index (χ0v) is 14.9. The molecule has 0 N–H and O–H groups in total. The van der Waals surface area contributed by atoms with Crippen molar-refractivity contribution in [1.29, 1.82) is 0 Å². The second-order valence-corrected chi connectivity index (χ2v) is 13.1. The third-order valence-electron chi connectivity index (χ3n) is 2.94. The van der Waals surface area contributed by atoms with Gasteiger partial charge in [0.05, 0.1) is 0 Å². The van der Waals surface area contributed by atoms with Crippen LogP contribution in [0.25, 0.3) is 0 Å². The minimum absolute atomic E-state index is 0.268. The van der Waals surface area contributed by atoms with Gasteiger partial charge in [0.15, 0.2) is 0 Å². The van der Waals surface area contributed by atoms with Crippen molar-refractivity contribution in [3.8, 4) is 5.75 Å². The monoisotopic (exact) mass is 310 g/mol. The third kappa shape index (κ3) is 8.43. The largest absolute Gasteiger partial charge is 0.427 e. The summed E-state index contributed by atoms with van der Waals surface area (Å²) < 4.78 is 5.02.